The van der Waals surface area contributed by atoms with Crippen molar-refractivity contribution >= 4 is 12.3 Å². The van der Waals surface area contributed by atoms with Crippen molar-refractivity contribution in [2.75, 3.05) is 6.61 Å². The van der Waals surface area contributed by atoms with E-state index in [1.165, 1.54) is 0 Å². The minimum atomic E-state index is -0.847. The molecule has 0 aromatic carbocycles. The van der Waals surface area contributed by atoms with Gasteiger partial charge < -0.3 is 14.6 Å². The highest BCUT2D eigenvalue weighted by atomic mass is 16.5. The molecule has 1 unspecified atom stereocenters. The van der Waals surface area contributed by atoms with E-state index in [9.17, 15) is 9.59 Å². The largest absolute Gasteiger partial charge is 0.481 e. The first kappa shape index (κ1) is 12.2. The van der Waals surface area contributed by atoms with E-state index in [0.717, 1.165) is 6.29 Å². The van der Waals surface area contributed by atoms with E-state index in [4.69, 9.17) is 9.84 Å². The number of aliphatic carboxylic acids is 1. The van der Waals surface area contributed by atoms with Gasteiger partial charge in [0, 0.05) is 18.4 Å². The number of carbonyl (C=O) groups is 2. The Morgan fingerprint density at radius 2 is 2.20 bits per heavy atom. The minimum Gasteiger partial charge on any atom is -0.481 e. The molecule has 1 aliphatic rings. The highest BCUT2D eigenvalue weighted by Gasteiger charge is 2.40. The molecule has 1 saturated heterocycles. The number of hydrogen-bond acceptors (Lipinski definition) is 3. The maximum absolute atomic E-state index is 11.1. The first-order valence-corrected chi connectivity index (χ1v) is 5.21. The van der Waals surface area contributed by atoms with Gasteiger partial charge in [-0.05, 0) is 33.1 Å². The summed E-state index contributed by atoms with van der Waals surface area (Å²) in [6.07, 6.45) is 2.62. The van der Waals surface area contributed by atoms with Crippen molar-refractivity contribution in [1.29, 1.82) is 0 Å². The molecule has 0 aromatic rings. The molecule has 1 fully saturated rings. The number of ether oxygens (including phenoxy) is 1. The summed E-state index contributed by atoms with van der Waals surface area (Å²) in [6, 6.07) is 0. The van der Waals surface area contributed by atoms with Gasteiger partial charge in [-0.15, -0.1) is 0 Å². The SMILES string of the molecule is CC1(C)CC(C=O)(CCC(=O)O)CCO1. The second kappa shape index (κ2) is 4.31. The molecule has 1 N–H and O–H groups in total. The molecule has 1 heterocycles. The van der Waals surface area contributed by atoms with Gasteiger partial charge >= 0.3 is 5.97 Å². The number of carboxylic acid groups (broad SMARTS) is 1. The molecule has 1 aliphatic heterocycles. The van der Waals surface area contributed by atoms with Crippen LogP contribution in [0.2, 0.25) is 0 Å². The smallest absolute Gasteiger partial charge is 0.303 e. The molecule has 0 aliphatic carbocycles. The second-order valence-corrected chi connectivity index (χ2v) is 4.91. The van der Waals surface area contributed by atoms with E-state index in [2.05, 4.69) is 0 Å². The van der Waals surface area contributed by atoms with E-state index in [0.29, 0.717) is 25.9 Å². The van der Waals surface area contributed by atoms with Crippen LogP contribution in [0.25, 0.3) is 0 Å². The molecule has 0 radical (unpaired) electrons. The summed E-state index contributed by atoms with van der Waals surface area (Å²) in [5.74, 6) is -0.847. The maximum atomic E-state index is 11.1. The molecule has 0 aromatic heterocycles. The third-order valence-corrected chi connectivity index (χ3v) is 2.96. The molecule has 0 amide bonds. The molecular formula is C11H18O4. The maximum Gasteiger partial charge on any atom is 0.303 e. The van der Waals surface area contributed by atoms with Gasteiger partial charge in [0.25, 0.3) is 0 Å². The van der Waals surface area contributed by atoms with E-state index in [1.807, 2.05) is 13.8 Å². The van der Waals surface area contributed by atoms with Gasteiger partial charge in [-0.3, -0.25) is 4.79 Å². The summed E-state index contributed by atoms with van der Waals surface area (Å²) < 4.78 is 5.52. The standard InChI is InChI=1S/C11H18O4/c1-10(2)7-11(8-12,5-6-15-10)4-3-9(13)14/h8H,3-7H2,1-2H3,(H,13,14). The summed E-state index contributed by atoms with van der Waals surface area (Å²) in [5.41, 5.74) is -0.822. The molecule has 0 bridgehead atoms. The van der Waals surface area contributed by atoms with Crippen LogP contribution < -0.4 is 0 Å². The lowest BCUT2D eigenvalue weighted by molar-refractivity contribution is -0.144. The Kier molecular flexibility index (Phi) is 3.50. The van der Waals surface area contributed by atoms with Gasteiger partial charge in [0.2, 0.25) is 0 Å². The fraction of sp³-hybridized carbons (Fsp3) is 0.818. The van der Waals surface area contributed by atoms with E-state index in [1.54, 1.807) is 0 Å². The van der Waals surface area contributed by atoms with Crippen molar-refractivity contribution in [2.45, 2.75) is 45.1 Å². The first-order valence-electron chi connectivity index (χ1n) is 5.21. The van der Waals surface area contributed by atoms with Crippen LogP contribution in [-0.4, -0.2) is 29.6 Å². The Morgan fingerprint density at radius 1 is 1.53 bits per heavy atom. The van der Waals surface area contributed by atoms with Crippen LogP contribution in [0.3, 0.4) is 0 Å². The highest BCUT2D eigenvalue weighted by Crippen LogP contribution is 2.40. The summed E-state index contributed by atoms with van der Waals surface area (Å²) >= 11 is 0. The molecule has 15 heavy (non-hydrogen) atoms. The zero-order valence-corrected chi connectivity index (χ0v) is 9.28. The average molecular weight is 214 g/mol. The van der Waals surface area contributed by atoms with Crippen LogP contribution in [0.1, 0.15) is 39.5 Å². The van der Waals surface area contributed by atoms with Gasteiger partial charge in [0.15, 0.2) is 0 Å². The van der Waals surface area contributed by atoms with E-state index in [-0.39, 0.29) is 12.0 Å². The van der Waals surface area contributed by atoms with E-state index >= 15 is 0 Å². The molecular weight excluding hydrogens is 196 g/mol. The monoisotopic (exact) mass is 214 g/mol. The fourth-order valence-electron chi connectivity index (χ4n) is 2.25. The van der Waals surface area contributed by atoms with Crippen LogP contribution in [-0.2, 0) is 14.3 Å². The van der Waals surface area contributed by atoms with Crippen molar-refractivity contribution in [1.82, 2.24) is 0 Å². The highest BCUT2D eigenvalue weighted by molar-refractivity contribution is 5.68. The van der Waals surface area contributed by atoms with Crippen LogP contribution in [0.5, 0.6) is 0 Å². The number of aldehydes is 1. The van der Waals surface area contributed by atoms with Crippen LogP contribution >= 0.6 is 0 Å². The van der Waals surface area contributed by atoms with Gasteiger partial charge in [0.1, 0.15) is 6.29 Å². The first-order chi connectivity index (χ1) is 6.89. The zero-order valence-electron chi connectivity index (χ0n) is 9.28. The normalized spacial score (nSPS) is 29.7. The Morgan fingerprint density at radius 3 is 2.67 bits per heavy atom. The second-order valence-electron chi connectivity index (χ2n) is 4.91. The number of hydrogen-bond donors (Lipinski definition) is 1. The number of rotatable bonds is 4. The summed E-state index contributed by atoms with van der Waals surface area (Å²) in [4.78, 5) is 21.6. The zero-order chi connectivity index (χ0) is 11.5. The van der Waals surface area contributed by atoms with Crippen molar-refractivity contribution in [2.24, 2.45) is 5.41 Å². The summed E-state index contributed by atoms with van der Waals surface area (Å²) in [7, 11) is 0. The van der Waals surface area contributed by atoms with Crippen LogP contribution in [0.4, 0.5) is 0 Å². The van der Waals surface area contributed by atoms with Crippen LogP contribution in [0, 0.1) is 5.41 Å². The van der Waals surface area contributed by atoms with Crippen LogP contribution in [0.15, 0.2) is 0 Å². The van der Waals surface area contributed by atoms with Gasteiger partial charge in [-0.1, -0.05) is 0 Å². The lowest BCUT2D eigenvalue weighted by Crippen LogP contribution is -2.42. The Hall–Kier alpha value is -0.900. The Bertz CT molecular complexity index is 259. The molecule has 4 nitrogen and oxygen atoms in total. The third-order valence-electron chi connectivity index (χ3n) is 2.96. The Labute approximate surface area is 89.6 Å². The predicted octanol–water partition coefficient (Wildman–Crippen LogP) is 1.63. The van der Waals surface area contributed by atoms with Crippen molar-refractivity contribution < 1.29 is 19.4 Å². The van der Waals surface area contributed by atoms with E-state index < -0.39 is 11.4 Å². The molecule has 0 saturated carbocycles. The topological polar surface area (TPSA) is 63.6 Å². The number of carboxylic acids is 1. The number of carbonyl (C=O) groups excluding carboxylic acids is 1. The molecule has 4 heteroatoms. The van der Waals surface area contributed by atoms with Gasteiger partial charge in [-0.25, -0.2) is 0 Å². The summed E-state index contributed by atoms with van der Waals surface area (Å²) in [6.45, 7) is 4.40. The fourth-order valence-corrected chi connectivity index (χ4v) is 2.25. The Balaban J connectivity index is 2.66. The van der Waals surface area contributed by atoms with Crippen molar-refractivity contribution in [3.63, 3.8) is 0 Å². The quantitative estimate of drug-likeness (QED) is 0.722. The average Bonchev–Trinajstić information content (AvgIpc) is 2.13. The molecule has 1 atom stereocenters. The lowest BCUT2D eigenvalue weighted by Gasteiger charge is -2.41. The van der Waals surface area contributed by atoms with Gasteiger partial charge in [-0.2, -0.15) is 0 Å². The molecule has 0 spiro atoms. The lowest BCUT2D eigenvalue weighted by atomic mass is 9.72. The van der Waals surface area contributed by atoms with Crippen molar-refractivity contribution in [3.8, 4) is 0 Å². The molecule has 86 valence electrons. The van der Waals surface area contributed by atoms with Crippen molar-refractivity contribution in [3.05, 3.63) is 0 Å². The molecule has 1 rings (SSSR count). The summed E-state index contributed by atoms with van der Waals surface area (Å²) in [5, 5.41) is 8.64. The third kappa shape index (κ3) is 3.30. The predicted molar refractivity (Wildman–Crippen MR) is 54.6 cm³/mol. The minimum absolute atomic E-state index is 0.0504. The van der Waals surface area contributed by atoms with Gasteiger partial charge in [0.05, 0.1) is 5.60 Å².